The minimum Gasteiger partial charge on any atom is -0.465 e. The lowest BCUT2D eigenvalue weighted by Gasteiger charge is -2.25. The number of thiol groups is 1. The first kappa shape index (κ1) is 28.0. The van der Waals surface area contributed by atoms with E-state index in [9.17, 15) is 18.0 Å². The highest BCUT2D eigenvalue weighted by Crippen LogP contribution is 2.42. The molecule has 3 heterocycles. The maximum absolute atomic E-state index is 12.5. The number of hydrogen-bond donors (Lipinski definition) is 6. The van der Waals surface area contributed by atoms with Gasteiger partial charge in [0, 0.05) is 31.2 Å². The molecule has 2 aromatic rings. The van der Waals surface area contributed by atoms with Crippen LogP contribution in [-0.4, -0.2) is 70.5 Å². The van der Waals surface area contributed by atoms with Gasteiger partial charge in [-0.05, 0) is 32.7 Å². The van der Waals surface area contributed by atoms with Gasteiger partial charge in [0.05, 0.1) is 12.3 Å². The number of nitrogens with zero attached hydrogens (tertiary/aromatic N) is 1. The number of amides is 1. The average Bonchev–Trinajstić information content (AvgIpc) is 3.52. The van der Waals surface area contributed by atoms with Crippen LogP contribution in [0.15, 0.2) is 41.3 Å². The summed E-state index contributed by atoms with van der Waals surface area (Å²) in [5, 5.41) is 24.8. The maximum Gasteiger partial charge on any atom is 0.404 e. The third kappa shape index (κ3) is 9.16. The second-order valence-corrected chi connectivity index (χ2v) is 9.07. The first-order chi connectivity index (χ1) is 16.0. The lowest BCUT2D eigenvalue weighted by atomic mass is 10.0. The minimum absolute atomic E-state index is 0.0648. The van der Waals surface area contributed by atoms with E-state index < -0.39 is 17.0 Å². The summed E-state index contributed by atoms with van der Waals surface area (Å²) in [7, 11) is 0. The van der Waals surface area contributed by atoms with E-state index >= 15 is 0 Å². The number of benzene rings is 1. The molecule has 2 aliphatic heterocycles. The molecule has 2 saturated heterocycles. The Hall–Kier alpha value is -2.28. The van der Waals surface area contributed by atoms with Gasteiger partial charge in [-0.15, -0.1) is 0 Å². The van der Waals surface area contributed by atoms with Crippen LogP contribution >= 0.6 is 12.6 Å². The molecule has 5 N–H and O–H groups in total. The third-order valence-electron chi connectivity index (χ3n) is 5.37. The Bertz CT molecular complexity index is 862. The number of rotatable bonds is 4. The van der Waals surface area contributed by atoms with E-state index in [1.807, 2.05) is 12.1 Å². The molecular formula is C22H31F3N4O4S. The summed E-state index contributed by atoms with van der Waals surface area (Å²) >= 11 is 3.66. The Morgan fingerprint density at radius 2 is 2.06 bits per heavy atom. The lowest BCUT2D eigenvalue weighted by Crippen LogP contribution is -2.41. The van der Waals surface area contributed by atoms with Crippen LogP contribution in [0.4, 0.5) is 18.0 Å². The van der Waals surface area contributed by atoms with Gasteiger partial charge in [0.1, 0.15) is 4.75 Å². The molecule has 1 amide bonds. The van der Waals surface area contributed by atoms with Crippen LogP contribution in [0.5, 0.6) is 0 Å². The molecule has 3 atom stereocenters. The number of carboxylic acid groups (broad SMARTS) is 1. The van der Waals surface area contributed by atoms with E-state index in [2.05, 4.69) is 52.6 Å². The Balaban J connectivity index is 0.000000198. The van der Waals surface area contributed by atoms with Crippen LogP contribution in [0.3, 0.4) is 0 Å². The Labute approximate surface area is 201 Å². The molecular weight excluding hydrogens is 473 g/mol. The molecule has 0 spiro atoms. The zero-order valence-electron chi connectivity index (χ0n) is 18.8. The Kier molecular flexibility index (Phi) is 10.7. The number of aliphatic hydroxyl groups is 1. The maximum atomic E-state index is 12.5. The van der Waals surface area contributed by atoms with Crippen molar-refractivity contribution in [3.8, 4) is 11.3 Å². The second kappa shape index (κ2) is 13.0. The quantitative estimate of drug-likeness (QED) is 0.354. The molecule has 4 rings (SSSR count). The number of aromatic nitrogens is 1. The first-order valence-corrected chi connectivity index (χ1v) is 11.3. The molecule has 2 aliphatic rings. The number of aryl methyl sites for hydroxylation is 1. The molecule has 190 valence electrons. The van der Waals surface area contributed by atoms with Crippen LogP contribution in [0, 0.1) is 6.92 Å². The van der Waals surface area contributed by atoms with E-state index in [0.29, 0.717) is 6.42 Å². The summed E-state index contributed by atoms with van der Waals surface area (Å²) in [6, 6.07) is 7.80. The Morgan fingerprint density at radius 1 is 1.35 bits per heavy atom. The normalized spacial score (nSPS) is 23.9. The number of aliphatic hydroxyl groups excluding tert-OH is 1. The van der Waals surface area contributed by atoms with Crippen molar-refractivity contribution in [3.05, 3.63) is 42.4 Å². The fourth-order valence-corrected chi connectivity index (χ4v) is 3.67. The third-order valence-corrected chi connectivity index (χ3v) is 5.96. The molecule has 1 aromatic heterocycles. The highest BCUT2D eigenvalue weighted by molar-refractivity contribution is 7.82. The van der Waals surface area contributed by atoms with Gasteiger partial charge >= 0.3 is 12.3 Å². The van der Waals surface area contributed by atoms with Crippen molar-refractivity contribution in [3.63, 3.8) is 0 Å². The number of oxazole rings is 1. The van der Waals surface area contributed by atoms with Crippen molar-refractivity contribution >= 4 is 18.7 Å². The monoisotopic (exact) mass is 504 g/mol. The van der Waals surface area contributed by atoms with Crippen molar-refractivity contribution in [2.75, 3.05) is 26.2 Å². The summed E-state index contributed by atoms with van der Waals surface area (Å²) < 4.78 is 40.8. The smallest absolute Gasteiger partial charge is 0.404 e. The zero-order valence-corrected chi connectivity index (χ0v) is 19.7. The molecule has 0 saturated carbocycles. The first-order valence-electron chi connectivity index (χ1n) is 10.8. The van der Waals surface area contributed by atoms with E-state index in [4.69, 9.17) is 14.6 Å². The van der Waals surface area contributed by atoms with Crippen molar-refractivity contribution in [2.45, 2.75) is 49.3 Å². The summed E-state index contributed by atoms with van der Waals surface area (Å²) in [6.45, 7) is 3.73. The van der Waals surface area contributed by atoms with Gasteiger partial charge in [-0.25, -0.2) is 9.78 Å². The van der Waals surface area contributed by atoms with Crippen LogP contribution in [-0.2, 0) is 0 Å². The number of nitrogens with one attached hydrogen (secondary N) is 3. The highest BCUT2D eigenvalue weighted by Gasteiger charge is 2.55. The van der Waals surface area contributed by atoms with Gasteiger partial charge in [-0.3, -0.25) is 0 Å². The van der Waals surface area contributed by atoms with Crippen molar-refractivity contribution in [2.24, 2.45) is 0 Å². The van der Waals surface area contributed by atoms with Gasteiger partial charge in [-0.1, -0.05) is 29.8 Å². The van der Waals surface area contributed by atoms with E-state index in [-0.39, 0.29) is 31.7 Å². The van der Waals surface area contributed by atoms with Gasteiger partial charge in [0.15, 0.2) is 12.2 Å². The van der Waals surface area contributed by atoms with Crippen LogP contribution < -0.4 is 16.0 Å². The van der Waals surface area contributed by atoms with Gasteiger partial charge in [0.25, 0.3) is 0 Å². The summed E-state index contributed by atoms with van der Waals surface area (Å²) in [6.07, 6.45) is -1.32. The number of β-amino-alcohol motifs (C(OH)–C–C–N with tert-alkyl or cyclic N) is 1. The van der Waals surface area contributed by atoms with Crippen LogP contribution in [0.25, 0.3) is 11.3 Å². The van der Waals surface area contributed by atoms with E-state index in [1.54, 1.807) is 6.20 Å². The standard InChI is InChI=1S/C10H9NO.C8H13F3N2O2S.C4H9NO/c1-8-2-4-9(5-3-8)10-6-11-7-12-10;9-8(10,11)7(16)3-5(13-4-7)1-2-12-6(14)15;6-4-1-2-5-3-4/h2-7H,1H3;5,12-13,16H,1-4H2,(H,14,15);4-6H,1-3H2. The number of hydrogen-bond acceptors (Lipinski definition) is 7. The fraction of sp³-hybridized carbons (Fsp3) is 0.545. The molecule has 0 radical (unpaired) electrons. The number of halogens is 3. The largest absolute Gasteiger partial charge is 0.465 e. The summed E-state index contributed by atoms with van der Waals surface area (Å²) in [4.78, 5) is 14.0. The number of alkyl halides is 3. The van der Waals surface area contributed by atoms with Gasteiger partial charge in [-0.2, -0.15) is 25.8 Å². The molecule has 12 heteroatoms. The molecule has 2 fully saturated rings. The summed E-state index contributed by atoms with van der Waals surface area (Å²) in [5.41, 5.74) is 2.32. The predicted octanol–water partition coefficient (Wildman–Crippen LogP) is 3.23. The molecule has 0 aliphatic carbocycles. The molecule has 0 bridgehead atoms. The molecule has 8 nitrogen and oxygen atoms in total. The topological polar surface area (TPSA) is 120 Å². The van der Waals surface area contributed by atoms with E-state index in [0.717, 1.165) is 30.8 Å². The second-order valence-electron chi connectivity index (χ2n) is 8.21. The van der Waals surface area contributed by atoms with Crippen LogP contribution in [0.1, 0.15) is 24.8 Å². The molecule has 34 heavy (non-hydrogen) atoms. The van der Waals surface area contributed by atoms with Gasteiger partial charge in [0.2, 0.25) is 0 Å². The zero-order chi connectivity index (χ0) is 25.2. The van der Waals surface area contributed by atoms with Crippen LogP contribution in [0.2, 0.25) is 0 Å². The number of carbonyl (C=O) groups is 1. The molecule has 1 aromatic carbocycles. The van der Waals surface area contributed by atoms with Crippen molar-refractivity contribution < 1.29 is 32.6 Å². The van der Waals surface area contributed by atoms with E-state index in [1.165, 1.54) is 12.0 Å². The summed E-state index contributed by atoms with van der Waals surface area (Å²) in [5.74, 6) is 0.815. The average molecular weight is 505 g/mol. The SMILES string of the molecule is Cc1ccc(-c2cnco2)cc1.O=C(O)NCCC1CC(S)(C(F)(F)F)CN1.OC1CCNC1. The Morgan fingerprint density at radius 3 is 2.50 bits per heavy atom. The minimum atomic E-state index is -4.35. The van der Waals surface area contributed by atoms with Crippen molar-refractivity contribution in [1.82, 2.24) is 20.9 Å². The van der Waals surface area contributed by atoms with Gasteiger partial charge < -0.3 is 30.6 Å². The van der Waals surface area contributed by atoms with Crippen molar-refractivity contribution in [1.29, 1.82) is 0 Å². The fourth-order valence-electron chi connectivity index (χ4n) is 3.35. The molecule has 3 unspecified atom stereocenters. The predicted molar refractivity (Wildman–Crippen MR) is 125 cm³/mol. The highest BCUT2D eigenvalue weighted by atomic mass is 32.1. The lowest BCUT2D eigenvalue weighted by molar-refractivity contribution is -0.154.